The molecule has 0 N–H and O–H groups in total. The van der Waals surface area contributed by atoms with Crippen molar-refractivity contribution in [3.8, 4) is 22.3 Å². The highest BCUT2D eigenvalue weighted by molar-refractivity contribution is 5.96. The minimum atomic E-state index is 0.199. The maximum atomic E-state index is 4.66. The molecular formula is C53H40. The Morgan fingerprint density at radius 1 is 0.528 bits per heavy atom. The van der Waals surface area contributed by atoms with Crippen LogP contribution in [0, 0.1) is 0 Å². The SMILES string of the molecule is C=C1/C=C(/c2ccc3c(c2)C2=C(C)C3c3c(cc(-c4ccccc4)cc3-c3ccccc3)C=C2)CCC(c2ccc3ccccc3c2)c2ccccc21. The molecule has 3 aliphatic carbocycles. The van der Waals surface area contributed by atoms with Crippen LogP contribution in [-0.2, 0) is 0 Å². The lowest BCUT2D eigenvalue weighted by Crippen LogP contribution is -2.08. The second kappa shape index (κ2) is 12.8. The molecule has 0 saturated heterocycles. The second-order valence-corrected chi connectivity index (χ2v) is 14.9. The van der Waals surface area contributed by atoms with E-state index in [-0.39, 0.29) is 11.8 Å². The number of hydrogen-bond acceptors (Lipinski definition) is 0. The summed E-state index contributed by atoms with van der Waals surface area (Å²) in [7, 11) is 0. The molecule has 3 aliphatic rings. The lowest BCUT2D eigenvalue weighted by Gasteiger charge is -2.26. The molecule has 0 aromatic heterocycles. The zero-order chi connectivity index (χ0) is 35.5. The summed E-state index contributed by atoms with van der Waals surface area (Å²) in [6.45, 7) is 7.00. The van der Waals surface area contributed by atoms with Gasteiger partial charge in [0.1, 0.15) is 0 Å². The third-order valence-corrected chi connectivity index (χ3v) is 11.9. The largest absolute Gasteiger partial charge is 0.0911 e. The van der Waals surface area contributed by atoms with Crippen LogP contribution in [0.4, 0.5) is 0 Å². The minimum Gasteiger partial charge on any atom is -0.0911 e. The molecule has 0 radical (unpaired) electrons. The standard InChI is InChI=1S/C53H40/c1-34-29-40(23-27-47(48-20-12-11-19-45(34)48)42-22-21-37-15-9-10-18-39(37)30-42)41-24-28-49-51(32-41)46-26-25-43-31-44(36-13-5-3-6-14-36)33-50(38-16-7-4-8-17-38)53(43)52(49)35(46)2/h3-22,24-26,28-33,47,52H,1,23,27H2,2H3/b40-29+. The number of fused-ring (bicyclic) bond motifs is 8. The third-order valence-electron chi connectivity index (χ3n) is 11.9. The zero-order valence-corrected chi connectivity index (χ0v) is 30.0. The van der Waals surface area contributed by atoms with Crippen molar-refractivity contribution in [1.82, 2.24) is 0 Å². The van der Waals surface area contributed by atoms with Crippen LogP contribution in [0.5, 0.6) is 0 Å². The third kappa shape index (κ3) is 5.37. The molecule has 7 aromatic rings. The highest BCUT2D eigenvalue weighted by Gasteiger charge is 2.34. The number of hydrogen-bond donors (Lipinski definition) is 0. The summed E-state index contributed by atoms with van der Waals surface area (Å²) in [6, 6.07) is 58.4. The van der Waals surface area contributed by atoms with Crippen LogP contribution in [0.1, 0.15) is 76.1 Å². The quantitative estimate of drug-likeness (QED) is 0.174. The smallest absolute Gasteiger partial charge is 0.0323 e. The van der Waals surface area contributed by atoms with E-state index in [1.54, 1.807) is 0 Å². The van der Waals surface area contributed by atoms with Gasteiger partial charge in [-0.05, 0) is 132 Å². The molecule has 10 rings (SSSR count). The molecule has 0 amide bonds. The van der Waals surface area contributed by atoms with Crippen LogP contribution in [0.15, 0.2) is 182 Å². The Morgan fingerprint density at radius 3 is 2.08 bits per heavy atom. The molecular weight excluding hydrogens is 637 g/mol. The lowest BCUT2D eigenvalue weighted by molar-refractivity contribution is 0.732. The van der Waals surface area contributed by atoms with Gasteiger partial charge in [0.05, 0.1) is 0 Å². The molecule has 7 aromatic carbocycles. The Hall–Kier alpha value is -6.24. The van der Waals surface area contributed by atoms with E-state index in [9.17, 15) is 0 Å². The van der Waals surface area contributed by atoms with Crippen molar-refractivity contribution in [3.05, 3.63) is 227 Å². The minimum absolute atomic E-state index is 0.199. The molecule has 53 heavy (non-hydrogen) atoms. The van der Waals surface area contributed by atoms with E-state index in [0.717, 1.165) is 18.4 Å². The van der Waals surface area contributed by atoms with Gasteiger partial charge >= 0.3 is 0 Å². The van der Waals surface area contributed by atoms with Gasteiger partial charge in [0.15, 0.2) is 0 Å². The van der Waals surface area contributed by atoms with Crippen LogP contribution >= 0.6 is 0 Å². The first-order chi connectivity index (χ1) is 26.1. The normalized spacial score (nSPS) is 18.4. The molecule has 0 nitrogen and oxygen atoms in total. The maximum absolute atomic E-state index is 4.66. The first-order valence-corrected chi connectivity index (χ1v) is 18.9. The monoisotopic (exact) mass is 676 g/mol. The van der Waals surface area contributed by atoms with E-state index >= 15 is 0 Å². The summed E-state index contributed by atoms with van der Waals surface area (Å²) in [5.74, 6) is 0.486. The van der Waals surface area contributed by atoms with Crippen molar-refractivity contribution in [1.29, 1.82) is 0 Å². The van der Waals surface area contributed by atoms with Crippen LogP contribution < -0.4 is 0 Å². The molecule has 2 bridgehead atoms. The van der Waals surface area contributed by atoms with E-state index in [1.807, 2.05) is 0 Å². The molecule has 0 saturated carbocycles. The number of benzene rings is 7. The highest BCUT2D eigenvalue weighted by atomic mass is 14.4. The van der Waals surface area contributed by atoms with Crippen molar-refractivity contribution in [2.24, 2.45) is 0 Å². The predicted octanol–water partition coefficient (Wildman–Crippen LogP) is 14.1. The molecule has 252 valence electrons. The average molecular weight is 677 g/mol. The maximum Gasteiger partial charge on any atom is 0.0323 e. The molecule has 2 atom stereocenters. The fourth-order valence-electron chi connectivity index (χ4n) is 9.31. The number of rotatable bonds is 4. The zero-order valence-electron chi connectivity index (χ0n) is 30.0. The highest BCUT2D eigenvalue weighted by Crippen LogP contribution is 2.53. The summed E-state index contributed by atoms with van der Waals surface area (Å²) in [4.78, 5) is 0. The molecule has 0 spiro atoms. The van der Waals surface area contributed by atoms with Gasteiger partial charge in [-0.25, -0.2) is 0 Å². The Balaban J connectivity index is 1.07. The van der Waals surface area contributed by atoms with E-state index in [0.29, 0.717) is 0 Å². The average Bonchev–Trinajstić information content (AvgIpc) is 3.38. The first kappa shape index (κ1) is 31.5. The summed E-state index contributed by atoms with van der Waals surface area (Å²) in [5.41, 5.74) is 21.1. The Morgan fingerprint density at radius 2 is 1.25 bits per heavy atom. The van der Waals surface area contributed by atoms with Crippen molar-refractivity contribution in [2.45, 2.75) is 31.6 Å². The first-order valence-electron chi connectivity index (χ1n) is 18.9. The summed E-state index contributed by atoms with van der Waals surface area (Å²) in [6.07, 6.45) is 9.11. The van der Waals surface area contributed by atoms with E-state index in [2.05, 4.69) is 189 Å². The predicted molar refractivity (Wildman–Crippen MR) is 226 cm³/mol. The topological polar surface area (TPSA) is 0 Å². The van der Waals surface area contributed by atoms with Gasteiger partial charge in [-0.15, -0.1) is 0 Å². The fraction of sp³-hybridized carbons (Fsp3) is 0.0943. The van der Waals surface area contributed by atoms with Gasteiger partial charge in [-0.3, -0.25) is 0 Å². The van der Waals surface area contributed by atoms with Crippen LogP contribution in [0.2, 0.25) is 0 Å². The molecule has 2 unspecified atom stereocenters. The van der Waals surface area contributed by atoms with Crippen molar-refractivity contribution >= 4 is 33.6 Å². The van der Waals surface area contributed by atoms with Crippen molar-refractivity contribution in [2.75, 3.05) is 0 Å². The Kier molecular flexibility index (Phi) is 7.58. The van der Waals surface area contributed by atoms with Gasteiger partial charge in [0, 0.05) is 11.8 Å². The summed E-state index contributed by atoms with van der Waals surface area (Å²) in [5, 5.41) is 2.58. The lowest BCUT2D eigenvalue weighted by atomic mass is 9.78. The molecule has 0 heterocycles. The van der Waals surface area contributed by atoms with Crippen LogP contribution in [-0.4, -0.2) is 0 Å². The summed E-state index contributed by atoms with van der Waals surface area (Å²) < 4.78 is 0. The van der Waals surface area contributed by atoms with Crippen molar-refractivity contribution < 1.29 is 0 Å². The van der Waals surface area contributed by atoms with Gasteiger partial charge in [-0.1, -0.05) is 170 Å². The van der Waals surface area contributed by atoms with E-state index in [1.165, 1.54) is 94.3 Å². The Labute approximate surface area is 312 Å². The Bertz CT molecular complexity index is 2680. The summed E-state index contributed by atoms with van der Waals surface area (Å²) >= 11 is 0. The van der Waals surface area contributed by atoms with Gasteiger partial charge in [0.25, 0.3) is 0 Å². The molecule has 0 heteroatoms. The fourth-order valence-corrected chi connectivity index (χ4v) is 9.31. The van der Waals surface area contributed by atoms with Gasteiger partial charge in [-0.2, -0.15) is 0 Å². The van der Waals surface area contributed by atoms with Crippen LogP contribution in [0.25, 0.3) is 55.8 Å². The van der Waals surface area contributed by atoms with Gasteiger partial charge in [0.2, 0.25) is 0 Å². The van der Waals surface area contributed by atoms with Gasteiger partial charge < -0.3 is 0 Å². The number of allylic oxidation sites excluding steroid dienone is 6. The molecule has 0 aliphatic heterocycles. The van der Waals surface area contributed by atoms with Crippen LogP contribution in [0.3, 0.4) is 0 Å². The van der Waals surface area contributed by atoms with E-state index < -0.39 is 0 Å². The van der Waals surface area contributed by atoms with E-state index in [4.69, 9.17) is 0 Å². The second-order valence-electron chi connectivity index (χ2n) is 14.9. The molecule has 0 fully saturated rings. The van der Waals surface area contributed by atoms with Crippen molar-refractivity contribution in [3.63, 3.8) is 0 Å².